The Morgan fingerprint density at radius 2 is 1.92 bits per heavy atom. The van der Waals surface area contributed by atoms with Crippen molar-refractivity contribution in [2.45, 2.75) is 4.90 Å². The molecule has 0 bridgehead atoms. The largest absolute Gasteiger partial charge is 0.388 e. The Kier molecular flexibility index (Phi) is 4.26. The molecule has 0 radical (unpaired) electrons. The van der Waals surface area contributed by atoms with E-state index < -0.39 is 11.0 Å². The maximum absolute atomic E-state index is 14.5. The fraction of sp³-hybridized carbons (Fsp3) is 0.0500. The van der Waals surface area contributed by atoms with E-state index in [-0.39, 0.29) is 5.82 Å². The minimum atomic E-state index is -1.56. The zero-order valence-corrected chi connectivity index (χ0v) is 14.8. The van der Waals surface area contributed by atoms with Crippen LogP contribution >= 0.6 is 0 Å². The molecule has 1 unspecified atom stereocenters. The molecule has 4 nitrogen and oxygen atoms in total. The van der Waals surface area contributed by atoms with Crippen LogP contribution in [0.4, 0.5) is 10.1 Å². The third kappa shape index (κ3) is 2.78. The number of aromatic nitrogens is 2. The fourth-order valence-corrected chi connectivity index (χ4v) is 4.15. The van der Waals surface area contributed by atoms with Crippen LogP contribution in [0.5, 0.6) is 0 Å². The summed E-state index contributed by atoms with van der Waals surface area (Å²) in [4.78, 5) is 4.61. The molecule has 2 heterocycles. The van der Waals surface area contributed by atoms with Crippen molar-refractivity contribution in [1.29, 1.82) is 0 Å². The molecule has 4 rings (SSSR count). The Bertz CT molecular complexity index is 1110. The van der Waals surface area contributed by atoms with Crippen LogP contribution in [0.2, 0.25) is 0 Å². The summed E-state index contributed by atoms with van der Waals surface area (Å²) < 4.78 is 29.4. The number of benzene rings is 2. The van der Waals surface area contributed by atoms with Gasteiger partial charge in [0.1, 0.15) is 5.82 Å². The topological polar surface area (TPSA) is 46.9 Å². The summed E-state index contributed by atoms with van der Waals surface area (Å²) in [6.45, 7) is 0. The van der Waals surface area contributed by atoms with E-state index in [1.54, 1.807) is 46.7 Å². The van der Waals surface area contributed by atoms with Crippen molar-refractivity contribution in [2.75, 3.05) is 12.4 Å². The molecular formula is C20H16FN3OS. The summed E-state index contributed by atoms with van der Waals surface area (Å²) in [7, 11) is 0.263. The first-order valence-electron chi connectivity index (χ1n) is 8.09. The van der Waals surface area contributed by atoms with Crippen molar-refractivity contribution in [2.24, 2.45) is 0 Å². The zero-order valence-electron chi connectivity index (χ0n) is 14.0. The lowest BCUT2D eigenvalue weighted by molar-refractivity contribution is 0.630. The Morgan fingerprint density at radius 1 is 1.08 bits per heavy atom. The Hall–Kier alpha value is -2.99. The lowest BCUT2D eigenvalue weighted by Gasteiger charge is -2.11. The van der Waals surface area contributed by atoms with E-state index in [0.717, 1.165) is 16.6 Å². The molecule has 130 valence electrons. The summed E-state index contributed by atoms with van der Waals surface area (Å²) in [6.07, 6.45) is 3.19. The van der Waals surface area contributed by atoms with Crippen molar-refractivity contribution >= 4 is 27.6 Å². The van der Waals surface area contributed by atoms with E-state index in [0.29, 0.717) is 16.2 Å². The summed E-state index contributed by atoms with van der Waals surface area (Å²) in [5.41, 5.74) is 2.62. The normalized spacial score (nSPS) is 12.2. The van der Waals surface area contributed by atoms with E-state index in [1.165, 1.54) is 6.07 Å². The maximum Gasteiger partial charge on any atom is 0.159 e. The number of anilines is 1. The second-order valence-corrected chi connectivity index (χ2v) is 7.10. The molecular weight excluding hydrogens is 349 g/mol. The van der Waals surface area contributed by atoms with Gasteiger partial charge >= 0.3 is 0 Å². The standard InChI is InChI=1S/C20H16FN3OS/c1-22-15-9-8-14-11-20(17-6-2-3-7-18(17)21)24(19(14)12-15)26(25)16-5-4-10-23-13-16/h2-13,22H,1H3. The predicted octanol–water partition coefficient (Wildman–Crippen LogP) is 4.46. The molecule has 1 N–H and O–H groups in total. The van der Waals surface area contributed by atoms with Crippen LogP contribution in [0.15, 0.2) is 78.0 Å². The molecule has 4 aromatic rings. The Morgan fingerprint density at radius 3 is 2.65 bits per heavy atom. The van der Waals surface area contributed by atoms with Crippen LogP contribution in [0.25, 0.3) is 22.2 Å². The number of rotatable bonds is 4. The van der Waals surface area contributed by atoms with Gasteiger partial charge in [-0.15, -0.1) is 0 Å². The van der Waals surface area contributed by atoms with Gasteiger partial charge in [0.25, 0.3) is 0 Å². The molecule has 1 atom stereocenters. The van der Waals surface area contributed by atoms with E-state index in [2.05, 4.69) is 10.3 Å². The van der Waals surface area contributed by atoms with E-state index in [4.69, 9.17) is 0 Å². The van der Waals surface area contributed by atoms with Crippen molar-refractivity contribution in [1.82, 2.24) is 8.96 Å². The monoisotopic (exact) mass is 365 g/mol. The average molecular weight is 365 g/mol. The minimum absolute atomic E-state index is 0.353. The third-order valence-corrected chi connectivity index (χ3v) is 5.57. The molecule has 2 aromatic heterocycles. The predicted molar refractivity (Wildman–Crippen MR) is 103 cm³/mol. The van der Waals surface area contributed by atoms with E-state index >= 15 is 0 Å². The second kappa shape index (κ2) is 6.72. The summed E-state index contributed by atoms with van der Waals surface area (Å²) in [5, 5.41) is 3.98. The first kappa shape index (κ1) is 16.5. The number of halogens is 1. The number of pyridine rings is 1. The lowest BCUT2D eigenvalue weighted by Crippen LogP contribution is -2.07. The molecule has 0 spiro atoms. The van der Waals surface area contributed by atoms with Crippen LogP contribution in [0, 0.1) is 5.82 Å². The highest BCUT2D eigenvalue weighted by molar-refractivity contribution is 7.83. The second-order valence-electron chi connectivity index (χ2n) is 5.77. The number of fused-ring (bicyclic) bond motifs is 1. The Labute approximate surface area is 152 Å². The van der Waals surface area contributed by atoms with Gasteiger partial charge in [0, 0.05) is 36.1 Å². The molecule has 2 aromatic carbocycles. The quantitative estimate of drug-likeness (QED) is 0.581. The molecule has 0 aliphatic carbocycles. The van der Waals surface area contributed by atoms with E-state index in [1.807, 2.05) is 31.3 Å². The van der Waals surface area contributed by atoms with Gasteiger partial charge in [-0.3, -0.25) is 8.96 Å². The van der Waals surface area contributed by atoms with Gasteiger partial charge in [0.2, 0.25) is 0 Å². The minimum Gasteiger partial charge on any atom is -0.388 e. The number of hydrogen-bond donors (Lipinski definition) is 1. The Balaban J connectivity index is 2.03. The summed E-state index contributed by atoms with van der Waals surface area (Å²) in [5.74, 6) is -0.353. The molecule has 0 saturated heterocycles. The number of hydrogen-bond acceptors (Lipinski definition) is 3. The van der Waals surface area contributed by atoms with Crippen LogP contribution in [-0.4, -0.2) is 20.2 Å². The van der Waals surface area contributed by atoms with Gasteiger partial charge in [-0.1, -0.05) is 18.2 Å². The van der Waals surface area contributed by atoms with Crippen LogP contribution in [0.3, 0.4) is 0 Å². The average Bonchev–Trinajstić information content (AvgIpc) is 3.06. The maximum atomic E-state index is 14.5. The van der Waals surface area contributed by atoms with Gasteiger partial charge < -0.3 is 5.32 Å². The molecule has 0 aliphatic heterocycles. The SMILES string of the molecule is CNc1ccc2cc(-c3ccccc3F)n(S(=O)c3cccnc3)c2c1. The fourth-order valence-electron chi connectivity index (χ4n) is 2.92. The van der Waals surface area contributed by atoms with Gasteiger partial charge in [0.15, 0.2) is 11.0 Å². The highest BCUT2D eigenvalue weighted by Gasteiger charge is 2.19. The molecule has 0 amide bonds. The van der Waals surface area contributed by atoms with E-state index in [9.17, 15) is 8.60 Å². The van der Waals surface area contributed by atoms with Gasteiger partial charge in [-0.25, -0.2) is 8.60 Å². The van der Waals surface area contributed by atoms with Crippen molar-refractivity contribution in [3.8, 4) is 11.3 Å². The summed E-state index contributed by atoms with van der Waals surface area (Å²) in [6, 6.07) is 17.6. The van der Waals surface area contributed by atoms with Gasteiger partial charge in [-0.05, 0) is 42.5 Å². The molecule has 6 heteroatoms. The zero-order chi connectivity index (χ0) is 18.1. The smallest absolute Gasteiger partial charge is 0.159 e. The van der Waals surface area contributed by atoms with Crippen molar-refractivity contribution < 1.29 is 8.60 Å². The third-order valence-electron chi connectivity index (χ3n) is 4.20. The first-order chi connectivity index (χ1) is 12.7. The summed E-state index contributed by atoms with van der Waals surface area (Å²) >= 11 is 0. The van der Waals surface area contributed by atoms with Gasteiger partial charge in [0.05, 0.1) is 16.1 Å². The van der Waals surface area contributed by atoms with Crippen LogP contribution in [-0.2, 0) is 11.0 Å². The first-order valence-corrected chi connectivity index (χ1v) is 9.20. The highest BCUT2D eigenvalue weighted by Crippen LogP contribution is 2.33. The van der Waals surface area contributed by atoms with Crippen LogP contribution < -0.4 is 5.32 Å². The molecule has 0 saturated carbocycles. The molecule has 26 heavy (non-hydrogen) atoms. The van der Waals surface area contributed by atoms with Crippen molar-refractivity contribution in [3.05, 3.63) is 78.9 Å². The lowest BCUT2D eigenvalue weighted by atomic mass is 10.1. The van der Waals surface area contributed by atoms with Crippen LogP contribution in [0.1, 0.15) is 0 Å². The number of nitrogens with zero attached hydrogens (tertiary/aromatic N) is 2. The van der Waals surface area contributed by atoms with Crippen molar-refractivity contribution in [3.63, 3.8) is 0 Å². The highest BCUT2D eigenvalue weighted by atomic mass is 32.2. The number of nitrogens with one attached hydrogen (secondary N) is 1. The van der Waals surface area contributed by atoms with Gasteiger partial charge in [-0.2, -0.15) is 0 Å². The molecule has 0 aliphatic rings. The molecule has 0 fully saturated rings.